The zero-order valence-corrected chi connectivity index (χ0v) is 12.5. The van der Waals surface area contributed by atoms with Crippen molar-refractivity contribution >= 4 is 0 Å². The minimum absolute atomic E-state index is 0.0623. The SMILES string of the molecule is Cc1ccc(-n2c(-c3ccccc3)ccc(CN)c2=O)cc1. The average Bonchev–Trinajstić information content (AvgIpc) is 2.56. The van der Waals surface area contributed by atoms with Gasteiger partial charge >= 0.3 is 0 Å². The Morgan fingerprint density at radius 2 is 1.59 bits per heavy atom. The topological polar surface area (TPSA) is 48.0 Å². The molecule has 1 heterocycles. The van der Waals surface area contributed by atoms with E-state index in [1.807, 2.05) is 73.7 Å². The number of aromatic nitrogens is 1. The molecule has 2 aromatic carbocycles. The first kappa shape index (κ1) is 14.3. The number of hydrogen-bond acceptors (Lipinski definition) is 2. The van der Waals surface area contributed by atoms with Gasteiger partial charge in [-0.05, 0) is 30.7 Å². The smallest absolute Gasteiger partial charge is 0.260 e. The van der Waals surface area contributed by atoms with Gasteiger partial charge in [-0.1, -0.05) is 54.1 Å². The monoisotopic (exact) mass is 290 g/mol. The molecule has 3 aromatic rings. The van der Waals surface area contributed by atoms with Crippen molar-refractivity contribution in [2.24, 2.45) is 5.73 Å². The molecule has 0 saturated carbocycles. The van der Waals surface area contributed by atoms with E-state index in [0.29, 0.717) is 5.56 Å². The standard InChI is InChI=1S/C19H18N2O/c1-14-7-10-17(11-8-14)21-18(15-5-3-2-4-6-15)12-9-16(13-20)19(21)22/h2-12H,13,20H2,1H3. The third-order valence-electron chi connectivity index (χ3n) is 3.74. The van der Waals surface area contributed by atoms with Gasteiger partial charge in [0.25, 0.3) is 5.56 Å². The van der Waals surface area contributed by atoms with E-state index in [4.69, 9.17) is 5.73 Å². The van der Waals surface area contributed by atoms with Crippen LogP contribution in [0.2, 0.25) is 0 Å². The van der Waals surface area contributed by atoms with Crippen LogP contribution in [0.15, 0.2) is 71.5 Å². The van der Waals surface area contributed by atoms with Gasteiger partial charge in [0.1, 0.15) is 0 Å². The van der Waals surface area contributed by atoms with Crippen molar-refractivity contribution in [3.05, 3.63) is 88.2 Å². The van der Waals surface area contributed by atoms with Gasteiger partial charge in [0.2, 0.25) is 0 Å². The Bertz CT molecular complexity index is 834. The highest BCUT2D eigenvalue weighted by atomic mass is 16.1. The quantitative estimate of drug-likeness (QED) is 0.804. The van der Waals surface area contributed by atoms with Crippen molar-refractivity contribution in [3.63, 3.8) is 0 Å². The summed E-state index contributed by atoms with van der Waals surface area (Å²) < 4.78 is 1.73. The third kappa shape index (κ3) is 2.59. The van der Waals surface area contributed by atoms with Crippen molar-refractivity contribution < 1.29 is 0 Å². The Morgan fingerprint density at radius 3 is 2.23 bits per heavy atom. The molecule has 0 aliphatic heterocycles. The Kier molecular flexibility index (Phi) is 3.90. The summed E-state index contributed by atoms with van der Waals surface area (Å²) in [6.45, 7) is 2.26. The van der Waals surface area contributed by atoms with Gasteiger partial charge in [0.15, 0.2) is 0 Å². The second kappa shape index (κ2) is 6.00. The first-order valence-electron chi connectivity index (χ1n) is 7.28. The largest absolute Gasteiger partial charge is 0.326 e. The molecule has 0 atom stereocenters. The summed E-state index contributed by atoms with van der Waals surface area (Å²) in [6.07, 6.45) is 0. The van der Waals surface area contributed by atoms with E-state index >= 15 is 0 Å². The molecule has 0 saturated heterocycles. The molecule has 0 fully saturated rings. The van der Waals surface area contributed by atoms with Crippen molar-refractivity contribution in [3.8, 4) is 16.9 Å². The normalized spacial score (nSPS) is 10.6. The Hall–Kier alpha value is -2.65. The number of pyridine rings is 1. The van der Waals surface area contributed by atoms with Gasteiger partial charge < -0.3 is 5.73 Å². The molecular formula is C19H18N2O. The van der Waals surface area contributed by atoms with Crippen molar-refractivity contribution in [2.45, 2.75) is 13.5 Å². The lowest BCUT2D eigenvalue weighted by Gasteiger charge is -2.15. The molecule has 0 aliphatic carbocycles. The Labute approximate surface area is 129 Å². The van der Waals surface area contributed by atoms with Crippen LogP contribution in [0.4, 0.5) is 0 Å². The Balaban J connectivity index is 2.29. The molecule has 22 heavy (non-hydrogen) atoms. The molecule has 0 spiro atoms. The summed E-state index contributed by atoms with van der Waals surface area (Å²) in [4.78, 5) is 12.8. The van der Waals surface area contributed by atoms with Crippen LogP contribution in [0.3, 0.4) is 0 Å². The fourth-order valence-electron chi connectivity index (χ4n) is 2.52. The van der Waals surface area contributed by atoms with E-state index in [2.05, 4.69) is 0 Å². The fourth-order valence-corrected chi connectivity index (χ4v) is 2.52. The second-order valence-corrected chi connectivity index (χ2v) is 5.29. The van der Waals surface area contributed by atoms with Gasteiger partial charge in [-0.3, -0.25) is 9.36 Å². The maximum absolute atomic E-state index is 12.8. The van der Waals surface area contributed by atoms with Crippen LogP contribution >= 0.6 is 0 Å². The van der Waals surface area contributed by atoms with E-state index in [1.165, 1.54) is 0 Å². The molecule has 1 aromatic heterocycles. The number of benzene rings is 2. The number of hydrogen-bond donors (Lipinski definition) is 1. The zero-order chi connectivity index (χ0) is 15.5. The second-order valence-electron chi connectivity index (χ2n) is 5.29. The molecule has 3 heteroatoms. The van der Waals surface area contributed by atoms with E-state index in [-0.39, 0.29) is 12.1 Å². The first-order chi connectivity index (χ1) is 10.7. The summed E-state index contributed by atoms with van der Waals surface area (Å²) in [5, 5.41) is 0. The summed E-state index contributed by atoms with van der Waals surface area (Å²) in [5.41, 5.74) is 10.1. The van der Waals surface area contributed by atoms with Crippen molar-refractivity contribution in [1.29, 1.82) is 0 Å². The van der Waals surface area contributed by atoms with E-state index in [9.17, 15) is 4.79 Å². The van der Waals surface area contributed by atoms with Crippen LogP contribution in [0.5, 0.6) is 0 Å². The highest BCUT2D eigenvalue weighted by Crippen LogP contribution is 2.21. The minimum atomic E-state index is -0.0623. The maximum Gasteiger partial charge on any atom is 0.260 e. The molecule has 2 N–H and O–H groups in total. The molecule has 3 nitrogen and oxygen atoms in total. The minimum Gasteiger partial charge on any atom is -0.326 e. The lowest BCUT2D eigenvalue weighted by atomic mass is 10.1. The van der Waals surface area contributed by atoms with Gasteiger partial charge in [0, 0.05) is 17.8 Å². The predicted molar refractivity (Wildman–Crippen MR) is 90.1 cm³/mol. The van der Waals surface area contributed by atoms with Gasteiger partial charge in [-0.2, -0.15) is 0 Å². The molecule has 3 rings (SSSR count). The van der Waals surface area contributed by atoms with Crippen LogP contribution < -0.4 is 11.3 Å². The number of rotatable bonds is 3. The highest BCUT2D eigenvalue weighted by molar-refractivity contribution is 5.62. The number of aryl methyl sites for hydroxylation is 1. The molecule has 0 aliphatic rings. The molecular weight excluding hydrogens is 272 g/mol. The summed E-state index contributed by atoms with van der Waals surface area (Å²) in [6, 6.07) is 21.6. The lowest BCUT2D eigenvalue weighted by Crippen LogP contribution is -2.25. The van der Waals surface area contributed by atoms with Crippen LogP contribution in [0.25, 0.3) is 16.9 Å². The first-order valence-corrected chi connectivity index (χ1v) is 7.28. The third-order valence-corrected chi connectivity index (χ3v) is 3.74. The van der Waals surface area contributed by atoms with Crippen LogP contribution in [0.1, 0.15) is 11.1 Å². The van der Waals surface area contributed by atoms with Crippen LogP contribution in [-0.2, 0) is 6.54 Å². The molecule has 0 bridgehead atoms. The predicted octanol–water partition coefficient (Wildman–Crippen LogP) is 3.27. The van der Waals surface area contributed by atoms with Crippen LogP contribution in [-0.4, -0.2) is 4.57 Å². The number of nitrogens with zero attached hydrogens (tertiary/aromatic N) is 1. The van der Waals surface area contributed by atoms with E-state index in [0.717, 1.165) is 22.5 Å². The van der Waals surface area contributed by atoms with Gasteiger partial charge in [0.05, 0.1) is 5.69 Å². The Morgan fingerprint density at radius 1 is 0.909 bits per heavy atom. The summed E-state index contributed by atoms with van der Waals surface area (Å²) in [7, 11) is 0. The zero-order valence-electron chi connectivity index (χ0n) is 12.5. The summed E-state index contributed by atoms with van der Waals surface area (Å²) >= 11 is 0. The maximum atomic E-state index is 12.8. The molecule has 0 amide bonds. The molecule has 0 radical (unpaired) electrons. The van der Waals surface area contributed by atoms with E-state index in [1.54, 1.807) is 4.57 Å². The highest BCUT2D eigenvalue weighted by Gasteiger charge is 2.11. The lowest BCUT2D eigenvalue weighted by molar-refractivity contribution is 0.931. The van der Waals surface area contributed by atoms with Crippen molar-refractivity contribution in [1.82, 2.24) is 4.57 Å². The van der Waals surface area contributed by atoms with Crippen molar-refractivity contribution in [2.75, 3.05) is 0 Å². The summed E-state index contributed by atoms with van der Waals surface area (Å²) in [5.74, 6) is 0. The van der Waals surface area contributed by atoms with Gasteiger partial charge in [-0.25, -0.2) is 0 Å². The van der Waals surface area contributed by atoms with Crippen LogP contribution in [0, 0.1) is 6.92 Å². The van der Waals surface area contributed by atoms with Gasteiger partial charge in [-0.15, -0.1) is 0 Å². The average molecular weight is 290 g/mol. The molecule has 110 valence electrons. The molecule has 0 unspecified atom stereocenters. The fraction of sp³-hybridized carbons (Fsp3) is 0.105. The number of nitrogens with two attached hydrogens (primary N) is 1. The van der Waals surface area contributed by atoms with E-state index < -0.39 is 0 Å².